The number of unbranched alkanes of at least 4 members (excludes halogenated alkanes) is 1. The molecule has 0 atom stereocenters. The summed E-state index contributed by atoms with van der Waals surface area (Å²) in [6, 6.07) is 27.8. The molecular formula is C29H34N2. The molecule has 0 amide bonds. The van der Waals surface area contributed by atoms with Crippen molar-refractivity contribution < 1.29 is 0 Å². The fraction of sp³-hybridized carbons (Fsp3) is 0.310. The molecule has 0 aliphatic rings. The van der Waals surface area contributed by atoms with E-state index in [0.29, 0.717) is 0 Å². The van der Waals surface area contributed by atoms with Crippen molar-refractivity contribution in [2.24, 2.45) is 10.2 Å². The molecule has 0 spiro atoms. The minimum atomic E-state index is 0.154. The third-order valence-corrected chi connectivity index (χ3v) is 5.58. The van der Waals surface area contributed by atoms with Crippen molar-refractivity contribution in [1.82, 2.24) is 0 Å². The molecule has 0 unspecified atom stereocenters. The highest BCUT2D eigenvalue weighted by molar-refractivity contribution is 6.03. The highest BCUT2D eigenvalue weighted by Crippen LogP contribution is 2.23. The summed E-state index contributed by atoms with van der Waals surface area (Å²) in [6.07, 6.45) is 3.17. The topological polar surface area (TPSA) is 24.7 Å². The zero-order valence-electron chi connectivity index (χ0n) is 19.5. The Hall–Kier alpha value is -3.00. The molecule has 2 nitrogen and oxygen atoms in total. The molecule has 2 heteroatoms. The van der Waals surface area contributed by atoms with Gasteiger partial charge in [-0.25, -0.2) is 0 Å². The van der Waals surface area contributed by atoms with Crippen LogP contribution in [0.5, 0.6) is 0 Å². The lowest BCUT2D eigenvalue weighted by molar-refractivity contribution is 0.590. The maximum Gasteiger partial charge on any atom is 0.0702 e. The van der Waals surface area contributed by atoms with Gasteiger partial charge in [-0.15, -0.1) is 0 Å². The molecule has 160 valence electrons. The van der Waals surface area contributed by atoms with E-state index in [2.05, 4.69) is 111 Å². The Balaban J connectivity index is 1.84. The van der Waals surface area contributed by atoms with Gasteiger partial charge in [0.15, 0.2) is 0 Å². The number of benzene rings is 3. The van der Waals surface area contributed by atoms with Crippen LogP contribution in [0.25, 0.3) is 11.1 Å². The van der Waals surface area contributed by atoms with Crippen molar-refractivity contribution in [3.63, 3.8) is 0 Å². The Morgan fingerprint density at radius 1 is 0.710 bits per heavy atom. The molecule has 0 N–H and O–H groups in total. The van der Waals surface area contributed by atoms with Crippen LogP contribution in [0.15, 0.2) is 89.1 Å². The van der Waals surface area contributed by atoms with Crippen LogP contribution in [-0.4, -0.2) is 11.4 Å². The molecule has 0 bridgehead atoms. The van der Waals surface area contributed by atoms with Gasteiger partial charge in [0.25, 0.3) is 0 Å². The first-order valence-electron chi connectivity index (χ1n) is 11.3. The minimum absolute atomic E-state index is 0.154. The van der Waals surface area contributed by atoms with Gasteiger partial charge < -0.3 is 0 Å². The highest BCUT2D eigenvalue weighted by Gasteiger charge is 2.13. The van der Waals surface area contributed by atoms with E-state index in [1.807, 2.05) is 13.0 Å². The van der Waals surface area contributed by atoms with Gasteiger partial charge in [0, 0.05) is 0 Å². The van der Waals surface area contributed by atoms with Crippen LogP contribution in [0.3, 0.4) is 0 Å². The van der Waals surface area contributed by atoms with Crippen molar-refractivity contribution in [1.29, 1.82) is 0 Å². The fourth-order valence-corrected chi connectivity index (χ4v) is 3.49. The highest BCUT2D eigenvalue weighted by atomic mass is 15.2. The van der Waals surface area contributed by atoms with Gasteiger partial charge in [-0.3, -0.25) is 0 Å². The maximum atomic E-state index is 4.69. The summed E-state index contributed by atoms with van der Waals surface area (Å²) in [4.78, 5) is 0. The molecule has 0 saturated heterocycles. The van der Waals surface area contributed by atoms with Gasteiger partial charge in [-0.05, 0) is 53.0 Å². The summed E-state index contributed by atoms with van der Waals surface area (Å²) < 4.78 is 0. The first-order chi connectivity index (χ1) is 14.9. The standard InChI is InChI=1S/C29H34N2/c1-6-7-13-28(26-16-14-25(15-17-26)24-11-9-8-10-12-24)31-30-22(2)23-18-20-27(21-19-23)29(3,4)5/h8-12,14-21H,6-7,13H2,1-5H3/b30-22+,31-28+. The summed E-state index contributed by atoms with van der Waals surface area (Å²) in [5, 5.41) is 9.29. The first-order valence-corrected chi connectivity index (χ1v) is 11.3. The lowest BCUT2D eigenvalue weighted by Gasteiger charge is -2.19. The van der Waals surface area contributed by atoms with Crippen molar-refractivity contribution in [3.05, 3.63) is 95.6 Å². The second-order valence-electron chi connectivity index (χ2n) is 9.11. The Labute approximate surface area is 187 Å². The van der Waals surface area contributed by atoms with Crippen molar-refractivity contribution in [2.45, 2.75) is 59.3 Å². The Kier molecular flexibility index (Phi) is 7.57. The number of hydrogen-bond donors (Lipinski definition) is 0. The first kappa shape index (κ1) is 22.7. The number of hydrogen-bond acceptors (Lipinski definition) is 2. The van der Waals surface area contributed by atoms with Gasteiger partial charge >= 0.3 is 0 Å². The quantitative estimate of drug-likeness (QED) is 0.278. The van der Waals surface area contributed by atoms with Gasteiger partial charge in [-0.1, -0.05) is 113 Å². The van der Waals surface area contributed by atoms with Crippen LogP contribution in [0.1, 0.15) is 70.6 Å². The lowest BCUT2D eigenvalue weighted by atomic mass is 9.86. The molecule has 0 saturated carbocycles. The second-order valence-corrected chi connectivity index (χ2v) is 9.11. The van der Waals surface area contributed by atoms with E-state index in [9.17, 15) is 0 Å². The molecule has 0 aliphatic carbocycles. The molecular weight excluding hydrogens is 376 g/mol. The minimum Gasteiger partial charge on any atom is -0.155 e. The summed E-state index contributed by atoms with van der Waals surface area (Å²) >= 11 is 0. The van der Waals surface area contributed by atoms with Crippen LogP contribution in [0, 0.1) is 0 Å². The van der Waals surface area contributed by atoms with E-state index < -0.39 is 0 Å². The Morgan fingerprint density at radius 3 is 1.87 bits per heavy atom. The molecule has 3 aromatic carbocycles. The third-order valence-electron chi connectivity index (χ3n) is 5.58. The molecule has 0 aromatic heterocycles. The average molecular weight is 411 g/mol. The summed E-state index contributed by atoms with van der Waals surface area (Å²) in [5.74, 6) is 0. The molecule has 0 heterocycles. The Morgan fingerprint density at radius 2 is 1.29 bits per heavy atom. The Bertz CT molecular complexity index is 1020. The van der Waals surface area contributed by atoms with E-state index in [4.69, 9.17) is 0 Å². The molecule has 3 rings (SSSR count). The average Bonchev–Trinajstić information content (AvgIpc) is 2.79. The predicted octanol–water partition coefficient (Wildman–Crippen LogP) is 8.05. The lowest BCUT2D eigenvalue weighted by Crippen LogP contribution is -2.11. The third kappa shape index (κ3) is 6.24. The monoisotopic (exact) mass is 410 g/mol. The van der Waals surface area contributed by atoms with Crippen molar-refractivity contribution >= 4 is 11.4 Å². The number of rotatable bonds is 7. The van der Waals surface area contributed by atoms with Crippen LogP contribution in [0.4, 0.5) is 0 Å². The van der Waals surface area contributed by atoms with Crippen LogP contribution >= 0.6 is 0 Å². The van der Waals surface area contributed by atoms with Crippen molar-refractivity contribution in [2.75, 3.05) is 0 Å². The van der Waals surface area contributed by atoms with E-state index >= 15 is 0 Å². The summed E-state index contributed by atoms with van der Waals surface area (Å²) in [6.45, 7) is 10.9. The zero-order valence-corrected chi connectivity index (χ0v) is 19.5. The smallest absolute Gasteiger partial charge is 0.0702 e. The van der Waals surface area contributed by atoms with Crippen LogP contribution in [-0.2, 0) is 5.41 Å². The molecule has 0 fully saturated rings. The second kappa shape index (κ2) is 10.3. The normalized spacial score (nSPS) is 12.8. The van der Waals surface area contributed by atoms with Crippen molar-refractivity contribution in [3.8, 4) is 11.1 Å². The van der Waals surface area contributed by atoms with E-state index in [-0.39, 0.29) is 5.41 Å². The molecule has 0 aliphatic heterocycles. The molecule has 0 radical (unpaired) electrons. The molecule has 3 aromatic rings. The fourth-order valence-electron chi connectivity index (χ4n) is 3.49. The van der Waals surface area contributed by atoms with Crippen LogP contribution in [0.2, 0.25) is 0 Å². The van der Waals surface area contributed by atoms with Gasteiger partial charge in [0.05, 0.1) is 11.4 Å². The maximum absolute atomic E-state index is 4.69. The van der Waals surface area contributed by atoms with Crippen LogP contribution < -0.4 is 0 Å². The van der Waals surface area contributed by atoms with E-state index in [0.717, 1.165) is 41.8 Å². The van der Waals surface area contributed by atoms with Gasteiger partial charge in [0.1, 0.15) is 0 Å². The van der Waals surface area contributed by atoms with E-state index in [1.54, 1.807) is 0 Å². The van der Waals surface area contributed by atoms with Gasteiger partial charge in [0.2, 0.25) is 0 Å². The van der Waals surface area contributed by atoms with E-state index in [1.165, 1.54) is 16.7 Å². The summed E-state index contributed by atoms with van der Waals surface area (Å²) in [5.41, 5.74) is 8.18. The zero-order chi connectivity index (χ0) is 22.3. The predicted molar refractivity (Wildman–Crippen MR) is 135 cm³/mol. The number of nitrogens with zero attached hydrogens (tertiary/aromatic N) is 2. The summed E-state index contributed by atoms with van der Waals surface area (Å²) in [7, 11) is 0. The van der Waals surface area contributed by atoms with Gasteiger partial charge in [-0.2, -0.15) is 10.2 Å². The SMILES string of the molecule is CCCC/C(=N\N=C(/C)c1ccc(C(C)(C)C)cc1)c1ccc(-c2ccccc2)cc1. The largest absolute Gasteiger partial charge is 0.155 e. The molecule has 31 heavy (non-hydrogen) atoms.